The predicted octanol–water partition coefficient (Wildman–Crippen LogP) is 5.51. The quantitative estimate of drug-likeness (QED) is 0.480. The van der Waals surface area contributed by atoms with E-state index in [1.807, 2.05) is 59.5 Å². The lowest BCUT2D eigenvalue weighted by molar-refractivity contribution is -0.145. The van der Waals surface area contributed by atoms with Crippen LogP contribution in [0.2, 0.25) is 0 Å². The third-order valence-corrected chi connectivity index (χ3v) is 7.94. The molecule has 2 aliphatic heterocycles. The van der Waals surface area contributed by atoms with Crippen LogP contribution in [0.4, 0.5) is 0 Å². The van der Waals surface area contributed by atoms with Crippen molar-refractivity contribution in [2.24, 2.45) is 5.73 Å². The van der Waals surface area contributed by atoms with E-state index in [1.54, 1.807) is 0 Å². The highest BCUT2D eigenvalue weighted by Gasteiger charge is 2.54. The van der Waals surface area contributed by atoms with Gasteiger partial charge < -0.3 is 10.6 Å². The van der Waals surface area contributed by atoms with Crippen molar-refractivity contribution in [2.75, 3.05) is 0 Å². The molecule has 2 heterocycles. The van der Waals surface area contributed by atoms with Crippen LogP contribution >= 0.6 is 0 Å². The minimum absolute atomic E-state index is 0.0263. The number of hydrogen-bond acceptors (Lipinski definition) is 3. The molecule has 188 valence electrons. The van der Waals surface area contributed by atoms with E-state index in [4.69, 9.17) is 5.73 Å². The van der Waals surface area contributed by atoms with Crippen LogP contribution in [-0.4, -0.2) is 34.7 Å². The highest BCUT2D eigenvalue weighted by Crippen LogP contribution is 2.44. The molecule has 3 aromatic rings. The molecule has 3 aliphatic rings. The first-order valence-corrected chi connectivity index (χ1v) is 13.0. The maximum absolute atomic E-state index is 13.8. The lowest BCUT2D eigenvalue weighted by Gasteiger charge is -2.55. The summed E-state index contributed by atoms with van der Waals surface area (Å²) in [7, 11) is 0. The fourth-order valence-corrected chi connectivity index (χ4v) is 5.39. The van der Waals surface area contributed by atoms with Gasteiger partial charge in [0.1, 0.15) is 0 Å². The first-order valence-electron chi connectivity index (χ1n) is 13.0. The second-order valence-electron chi connectivity index (χ2n) is 10.5. The van der Waals surface area contributed by atoms with E-state index in [0.29, 0.717) is 17.6 Å². The Morgan fingerprint density at radius 1 is 0.838 bits per heavy atom. The van der Waals surface area contributed by atoms with E-state index in [1.165, 1.54) is 22.3 Å². The number of fused-ring (bicyclic) bond motifs is 2. The van der Waals surface area contributed by atoms with Crippen LogP contribution in [0.25, 0.3) is 12.2 Å². The predicted molar refractivity (Wildman–Crippen MR) is 150 cm³/mol. The number of benzene rings is 3. The number of nitrogens with zero attached hydrogens (tertiary/aromatic N) is 1. The lowest BCUT2D eigenvalue weighted by atomic mass is 9.70. The molecule has 3 atom stereocenters. The van der Waals surface area contributed by atoms with Gasteiger partial charge >= 0.3 is 0 Å². The molecule has 2 unspecified atom stereocenters. The zero-order chi connectivity index (χ0) is 26.3. The summed E-state index contributed by atoms with van der Waals surface area (Å²) in [6.45, 7) is 8.30. The van der Waals surface area contributed by atoms with Crippen LogP contribution in [-0.2, 0) is 16.0 Å². The number of ketones is 1. The van der Waals surface area contributed by atoms with Gasteiger partial charge in [-0.2, -0.15) is 0 Å². The largest absolute Gasteiger partial charge is 0.327 e. The van der Waals surface area contributed by atoms with Crippen LogP contribution in [0.1, 0.15) is 45.4 Å². The highest BCUT2D eigenvalue weighted by molar-refractivity contribution is 6.18. The van der Waals surface area contributed by atoms with Crippen LogP contribution in [0, 0.1) is 27.7 Å². The van der Waals surface area contributed by atoms with Crippen LogP contribution < -0.4 is 5.73 Å². The summed E-state index contributed by atoms with van der Waals surface area (Å²) in [5.41, 5.74) is 15.5. The summed E-state index contributed by atoms with van der Waals surface area (Å²) in [5, 5.41) is 0. The Morgan fingerprint density at radius 2 is 1.35 bits per heavy atom. The number of carbonyl (C=O) groups is 2. The standard InChI is InChI=1S/C33H34N2O2/c1-20-10-12-25(14-22(20)3)16-27-30-19-31(28(32(27)36)17-26-13-11-21(2)23(4)15-26)35(30)33(37)29(34)18-24-8-6-5-7-9-24/h5-17,29-31H,18-19,34H2,1-4H3/b27-16+,28-17+/t29-,30?,31?/m0/s1. The van der Waals surface area contributed by atoms with E-state index in [-0.39, 0.29) is 23.8 Å². The van der Waals surface area contributed by atoms with Gasteiger partial charge in [-0.05, 0) is 91.6 Å². The van der Waals surface area contributed by atoms with Gasteiger partial charge in [-0.25, -0.2) is 0 Å². The van der Waals surface area contributed by atoms with Gasteiger partial charge in [0.05, 0.1) is 18.1 Å². The summed E-state index contributed by atoms with van der Waals surface area (Å²) in [6, 6.07) is 21.1. The molecular weight excluding hydrogens is 456 g/mol. The van der Waals surface area contributed by atoms with Crippen molar-refractivity contribution >= 4 is 23.8 Å². The summed E-state index contributed by atoms with van der Waals surface area (Å²) in [4.78, 5) is 29.3. The van der Waals surface area contributed by atoms with Crippen LogP contribution in [0.5, 0.6) is 0 Å². The van der Waals surface area contributed by atoms with Crippen molar-refractivity contribution in [2.45, 2.75) is 58.7 Å². The normalized spacial score (nSPS) is 21.8. The Hall–Kier alpha value is -3.76. The van der Waals surface area contributed by atoms with E-state index in [0.717, 1.165) is 23.1 Å². The van der Waals surface area contributed by atoms with E-state index in [9.17, 15) is 9.59 Å². The van der Waals surface area contributed by atoms with E-state index in [2.05, 4.69) is 52.0 Å². The molecule has 4 nitrogen and oxygen atoms in total. The first-order chi connectivity index (χ1) is 17.7. The number of nitrogens with two attached hydrogens (primary N) is 1. The number of rotatable bonds is 5. The third-order valence-electron chi connectivity index (χ3n) is 7.94. The van der Waals surface area contributed by atoms with Gasteiger partial charge in [0, 0.05) is 11.1 Å². The minimum atomic E-state index is -0.661. The molecule has 37 heavy (non-hydrogen) atoms. The second-order valence-corrected chi connectivity index (χ2v) is 10.5. The Labute approximate surface area is 219 Å². The second kappa shape index (κ2) is 9.95. The molecule has 4 heteroatoms. The van der Waals surface area contributed by atoms with Crippen LogP contribution in [0.3, 0.4) is 0 Å². The van der Waals surface area contributed by atoms with E-state index >= 15 is 0 Å². The number of hydrogen-bond donors (Lipinski definition) is 1. The zero-order valence-corrected chi connectivity index (χ0v) is 22.0. The molecule has 0 radical (unpaired) electrons. The third kappa shape index (κ3) is 4.82. The molecule has 2 N–H and O–H groups in total. The summed E-state index contributed by atoms with van der Waals surface area (Å²) < 4.78 is 0. The fourth-order valence-electron chi connectivity index (χ4n) is 5.39. The maximum atomic E-state index is 13.8. The Bertz CT molecular complexity index is 1360. The molecular formula is C33H34N2O2. The molecule has 2 bridgehead atoms. The molecule has 0 spiro atoms. The van der Waals surface area contributed by atoms with Crippen molar-refractivity contribution in [3.8, 4) is 0 Å². The van der Waals surface area contributed by atoms with Crippen molar-refractivity contribution in [1.29, 1.82) is 0 Å². The molecule has 2 saturated heterocycles. The van der Waals surface area contributed by atoms with Crippen molar-refractivity contribution < 1.29 is 9.59 Å². The van der Waals surface area contributed by atoms with Gasteiger partial charge in [0.25, 0.3) is 0 Å². The van der Waals surface area contributed by atoms with Gasteiger partial charge in [-0.15, -0.1) is 0 Å². The summed E-state index contributed by atoms with van der Waals surface area (Å²) >= 11 is 0. The number of aryl methyl sites for hydroxylation is 4. The average molecular weight is 491 g/mol. The Kier molecular flexibility index (Phi) is 6.70. The van der Waals surface area contributed by atoms with Crippen molar-refractivity contribution in [3.63, 3.8) is 0 Å². The average Bonchev–Trinajstić information content (AvgIpc) is 2.86. The highest BCUT2D eigenvalue weighted by atomic mass is 16.2. The number of piperidine rings is 1. The maximum Gasteiger partial charge on any atom is 0.240 e. The van der Waals surface area contributed by atoms with Gasteiger partial charge in [-0.3, -0.25) is 9.59 Å². The molecule has 1 saturated carbocycles. The van der Waals surface area contributed by atoms with Crippen molar-refractivity contribution in [3.05, 3.63) is 117 Å². The first kappa shape index (κ1) is 24.9. The number of carbonyl (C=O) groups excluding carboxylic acids is 2. The number of amides is 1. The SMILES string of the molecule is Cc1ccc(/C=C2/C(=O)/C(=C/c3ccc(C)c(C)c3)C3CC2N3C(=O)[C@@H](N)Cc2ccccc2)cc1C. The van der Waals surface area contributed by atoms with Crippen LogP contribution in [0.15, 0.2) is 77.9 Å². The Morgan fingerprint density at radius 3 is 1.84 bits per heavy atom. The Balaban J connectivity index is 1.53. The van der Waals surface area contributed by atoms with Crippen molar-refractivity contribution in [1.82, 2.24) is 4.90 Å². The van der Waals surface area contributed by atoms with Gasteiger partial charge in [-0.1, -0.05) is 66.7 Å². The van der Waals surface area contributed by atoms with E-state index < -0.39 is 6.04 Å². The summed E-state index contributed by atoms with van der Waals surface area (Å²) in [5.74, 6) is -0.0760. The van der Waals surface area contributed by atoms with Gasteiger partial charge in [0.15, 0.2) is 5.78 Å². The topological polar surface area (TPSA) is 63.4 Å². The minimum Gasteiger partial charge on any atom is -0.327 e. The monoisotopic (exact) mass is 490 g/mol. The smallest absolute Gasteiger partial charge is 0.240 e. The molecule has 1 amide bonds. The lowest BCUT2D eigenvalue weighted by Crippen LogP contribution is -2.68. The fraction of sp³-hybridized carbons (Fsp3) is 0.273. The summed E-state index contributed by atoms with van der Waals surface area (Å²) in [6.07, 6.45) is 5.14. The molecule has 3 fully saturated rings. The molecule has 0 aromatic heterocycles. The molecule has 1 aliphatic carbocycles. The number of Topliss-reactive ketones (excluding diaryl/α,β-unsaturated/α-hetero) is 1. The zero-order valence-electron chi connectivity index (χ0n) is 22.0. The molecule has 3 aromatic carbocycles. The van der Waals surface area contributed by atoms with Gasteiger partial charge in [0.2, 0.25) is 5.91 Å². The molecule has 6 rings (SSSR count).